The third kappa shape index (κ3) is 329. The monoisotopic (exact) mass is 2290 g/mol. The molecule has 0 saturated heterocycles. The van der Waals surface area contributed by atoms with Gasteiger partial charge in [0, 0.05) is 0 Å². The zero-order chi connectivity index (χ0) is 43.1. The summed E-state index contributed by atoms with van der Waals surface area (Å²) < 4.78 is 0. The Morgan fingerprint density at radius 2 is 0.271 bits per heavy atom. The zero-order valence-corrected chi connectivity index (χ0v) is 69.4. The second-order valence-electron chi connectivity index (χ2n) is 15.3. The van der Waals surface area contributed by atoms with Crippen molar-refractivity contribution in [1.29, 1.82) is 0 Å². The van der Waals surface area contributed by atoms with Gasteiger partial charge in [0.15, 0.2) is 0 Å². The Morgan fingerprint density at radius 1 is 0.203 bits per heavy atom. The summed E-state index contributed by atoms with van der Waals surface area (Å²) >= 11 is 0. The molecule has 0 saturated carbocycles. The third-order valence-corrected chi connectivity index (χ3v) is 5.84. The number of hydrogen-bond donors (Lipinski definition) is 0. The first-order chi connectivity index (χ1) is 22.5. The van der Waals surface area contributed by atoms with Gasteiger partial charge in [0.05, 0.1) is 0 Å². The summed E-state index contributed by atoms with van der Waals surface area (Å²) in [5.74, 6) is 7.88. The van der Waals surface area contributed by atoms with Gasteiger partial charge in [-0.1, -0.05) is 273 Å². The molecule has 0 aromatic heterocycles. The molecule has 0 N–H and O–H groups in total. The van der Waals surface area contributed by atoms with Crippen molar-refractivity contribution in [2.75, 3.05) is 0 Å². The van der Waals surface area contributed by atoms with Gasteiger partial charge in [0.2, 0.25) is 0 Å². The molecule has 0 aromatic carbocycles. The molecule has 0 unspecified atom stereocenters. The number of unbranched alkanes of at least 4 members (excludes halogenated alkanes) is 1. The number of rotatable bonds is 8. The zero-order valence-electron chi connectivity index (χ0n) is 46.7. The molecule has 0 spiro atoms. The minimum Gasteiger partial charge on any atom is -0.0683 e. The minimum absolute atomic E-state index is 0. The normalized spacial score (nSPS) is 9.05. The molecule has 0 aromatic rings. The molecule has 0 aliphatic carbocycles. The Hall–Kier alpha value is 13.2. The molecule has 0 rings (SSSR count). The van der Waals surface area contributed by atoms with Crippen LogP contribution in [0.15, 0.2) is 0 Å². The van der Waals surface area contributed by atoms with Crippen LogP contribution >= 0.6 is 0 Å². The van der Waals surface area contributed by atoms with Crippen molar-refractivity contribution in [2.45, 2.75) is 273 Å². The minimum atomic E-state index is 0. The molecule has 368 valence electrons. The van der Waals surface area contributed by atoms with Crippen LogP contribution < -0.4 is 0 Å². The van der Waals surface area contributed by atoms with E-state index in [0.717, 1.165) is 53.3 Å². The van der Waals surface area contributed by atoms with Crippen molar-refractivity contribution in [3.63, 3.8) is 0 Å². The van der Waals surface area contributed by atoms with Gasteiger partial charge in [-0.25, -0.2) is 0 Å². The van der Waals surface area contributed by atoms with Crippen LogP contribution in [0.5, 0.6) is 0 Å². The van der Waals surface area contributed by atoms with Gasteiger partial charge in [-0.2, -0.15) is 0 Å². The molecule has 0 aliphatic rings. The van der Waals surface area contributed by atoms with E-state index in [4.69, 9.17) is 0 Å². The van der Waals surface area contributed by atoms with E-state index in [2.05, 4.69) is 173 Å². The molecule has 10 heteroatoms. The van der Waals surface area contributed by atoms with E-state index in [0.29, 0.717) is 0 Å². The van der Waals surface area contributed by atoms with Gasteiger partial charge >= 0.3 is 399 Å². The summed E-state index contributed by atoms with van der Waals surface area (Å²) in [4.78, 5) is 0. The third-order valence-electron chi connectivity index (χ3n) is 5.84. The first-order valence-corrected chi connectivity index (χ1v) is 22.5. The molecule has 4 atom stereocenters. The van der Waals surface area contributed by atoms with E-state index in [9.17, 15) is 0 Å². The molecule has 0 amide bonds. The SMILES string of the molecule is CC.CC.CC.CC.CC(C)C.CC(C)C.CC(C)C.CC(C)C.CCC(C)C.CCCC.CC[C@@H](C)[C@H](C)CC.CC[C@H](C)[C@@H](C)CC.[Gd+3].[Gd+3].[Gd+3].[Gd+3].[Gd+3].[Gd+3].[Gd+3].[Gd+3].[Gd+3].[Gd+3]. The van der Waals surface area contributed by atoms with Crippen LogP contribution in [0, 0.1) is 453 Å². The van der Waals surface area contributed by atoms with Gasteiger partial charge < -0.3 is 0 Å². The van der Waals surface area contributed by atoms with E-state index in [-0.39, 0.29) is 399 Å². The summed E-state index contributed by atoms with van der Waals surface area (Å²) in [6, 6.07) is 0. The van der Waals surface area contributed by atoms with E-state index < -0.39 is 0 Å². The molecule has 0 aliphatic heterocycles. The molecule has 0 heterocycles. The molecule has 0 bridgehead atoms. The van der Waals surface area contributed by atoms with E-state index in [1.54, 1.807) is 0 Å². The van der Waals surface area contributed by atoms with Crippen LogP contribution in [-0.4, -0.2) is 0 Å². The van der Waals surface area contributed by atoms with Crippen molar-refractivity contribution in [2.24, 2.45) is 53.3 Å². The first kappa shape index (κ1) is 145. The maximum absolute atomic E-state index is 2.33. The molecular formula is C49H122Gd10+30. The summed E-state index contributed by atoms with van der Waals surface area (Å²) in [5, 5.41) is 0. The van der Waals surface area contributed by atoms with Crippen molar-refractivity contribution < 1.29 is 399 Å². The number of hydrogen-bond acceptors (Lipinski definition) is 0. The molecule has 59 heavy (non-hydrogen) atoms. The molecular weight excluding hydrogens is 2160 g/mol. The van der Waals surface area contributed by atoms with Gasteiger partial charge in [0.1, 0.15) is 0 Å². The topological polar surface area (TPSA) is 0 Å². The average Bonchev–Trinajstić information content (AvgIpc) is 3.06. The predicted octanol–water partition coefficient (Wildman–Crippen LogP) is 20.8. The van der Waals surface area contributed by atoms with Crippen LogP contribution in [0.3, 0.4) is 0 Å². The standard InChI is InChI=1S/2C8H18.C5H12.5C4H10.4C2H6.10Gd/c2*1-5-7(3)8(4)6-2;1-4-5(2)3;4*1-4(2)3;1-3-4-2;4*1-2;;;;;;;;;;/h2*7-8H,5-6H2,1-4H3;5H,4H2,1-3H3;4*4H,1-3H3;3-4H2,1-2H3;4*1-2H3;;;;;;;;;;/q;;;;;;;;;;;;10*+3/t2*7-,8-;;;;;;;;;;;;;;;;;;;;/m10..................../s1. The molecule has 0 fully saturated rings. The Bertz CT molecular complexity index is 306. The fraction of sp³-hybridized carbons (Fsp3) is 1.00. The van der Waals surface area contributed by atoms with Gasteiger partial charge in [-0.3, -0.25) is 0 Å². The summed E-state index contributed by atoms with van der Waals surface area (Å²) in [7, 11) is 0. The van der Waals surface area contributed by atoms with Crippen molar-refractivity contribution in [1.82, 2.24) is 0 Å². The maximum atomic E-state index is 2.33. The van der Waals surface area contributed by atoms with Crippen LogP contribution in [0.25, 0.3) is 0 Å². The average molecular weight is 2280 g/mol. The van der Waals surface area contributed by atoms with Crippen molar-refractivity contribution in [3.8, 4) is 0 Å². The second kappa shape index (κ2) is 157. The van der Waals surface area contributed by atoms with Crippen LogP contribution in [0.4, 0.5) is 0 Å². The molecule has 0 nitrogen and oxygen atoms in total. The van der Waals surface area contributed by atoms with E-state index >= 15 is 0 Å². The van der Waals surface area contributed by atoms with Gasteiger partial charge in [-0.15, -0.1) is 0 Å². The Labute approximate surface area is 707 Å². The maximum Gasteiger partial charge on any atom is 3.00 e. The van der Waals surface area contributed by atoms with Gasteiger partial charge in [0.25, 0.3) is 0 Å². The summed E-state index contributed by atoms with van der Waals surface area (Å²) in [6.07, 6.45) is 9.26. The Morgan fingerprint density at radius 3 is 0.288 bits per heavy atom. The first-order valence-electron chi connectivity index (χ1n) is 22.5. The smallest absolute Gasteiger partial charge is 0.0683 e. The van der Waals surface area contributed by atoms with Crippen molar-refractivity contribution >= 4 is 0 Å². The fourth-order valence-corrected chi connectivity index (χ4v) is 1.61. The predicted molar refractivity (Wildman–Crippen MR) is 251 cm³/mol. The largest absolute Gasteiger partial charge is 3.00 e. The Kier molecular flexibility index (Phi) is 388. The summed E-state index contributed by atoms with van der Waals surface area (Å²) in [6.45, 7) is 71.4. The quantitative estimate of drug-likeness (QED) is 0.227. The van der Waals surface area contributed by atoms with Crippen molar-refractivity contribution in [3.05, 3.63) is 0 Å². The Balaban J connectivity index is -0.0000000128. The van der Waals surface area contributed by atoms with Gasteiger partial charge in [-0.05, 0) is 53.3 Å². The molecule has 10 radical (unpaired) electrons. The van der Waals surface area contributed by atoms with Crippen LogP contribution in [0.2, 0.25) is 0 Å². The second-order valence-corrected chi connectivity index (χ2v) is 15.3. The van der Waals surface area contributed by atoms with E-state index in [1.807, 2.05) is 55.4 Å². The van der Waals surface area contributed by atoms with E-state index in [1.165, 1.54) is 44.9 Å². The van der Waals surface area contributed by atoms with Crippen LogP contribution in [0.1, 0.15) is 273 Å². The summed E-state index contributed by atoms with van der Waals surface area (Å²) in [5.41, 5.74) is 0. The fourth-order valence-electron chi connectivity index (χ4n) is 1.61. The van der Waals surface area contributed by atoms with Crippen LogP contribution in [-0.2, 0) is 0 Å².